The van der Waals surface area contributed by atoms with Crippen molar-refractivity contribution in [2.24, 2.45) is 11.8 Å². The van der Waals surface area contributed by atoms with E-state index < -0.39 is 0 Å². The summed E-state index contributed by atoms with van der Waals surface area (Å²) >= 11 is 0. The molecule has 1 N–H and O–H groups in total. The van der Waals surface area contributed by atoms with Gasteiger partial charge in [0.05, 0.1) is 6.54 Å². The van der Waals surface area contributed by atoms with Crippen LogP contribution in [0.2, 0.25) is 0 Å². The fraction of sp³-hybridized carbons (Fsp3) is 0.889. The molecule has 0 bridgehead atoms. The zero-order chi connectivity index (χ0) is 16.4. The highest BCUT2D eigenvalue weighted by molar-refractivity contribution is 5.86. The number of hydrogen-bond donors (Lipinski definition) is 1. The van der Waals surface area contributed by atoms with Gasteiger partial charge in [-0.15, -0.1) is 0 Å². The summed E-state index contributed by atoms with van der Waals surface area (Å²) in [6, 6.07) is 0.958. The maximum Gasteiger partial charge on any atom is 0.239 e. The van der Waals surface area contributed by atoms with E-state index in [9.17, 15) is 9.59 Å². The molecule has 0 radical (unpaired) electrons. The number of hydrogen-bond acceptors (Lipinski definition) is 3. The van der Waals surface area contributed by atoms with Crippen LogP contribution in [-0.4, -0.2) is 59.9 Å². The zero-order valence-electron chi connectivity index (χ0n) is 14.6. The molecule has 2 saturated heterocycles. The van der Waals surface area contributed by atoms with Gasteiger partial charge in [0.25, 0.3) is 0 Å². The van der Waals surface area contributed by atoms with E-state index >= 15 is 0 Å². The van der Waals surface area contributed by atoms with Crippen LogP contribution in [0.3, 0.4) is 0 Å². The normalized spacial score (nSPS) is 29.9. The Morgan fingerprint density at radius 3 is 2.57 bits per heavy atom. The second kappa shape index (κ2) is 7.20. The van der Waals surface area contributed by atoms with E-state index in [2.05, 4.69) is 24.1 Å². The Balaban J connectivity index is 1.55. The Kier molecular flexibility index (Phi) is 5.24. The monoisotopic (exact) mass is 321 g/mol. The van der Waals surface area contributed by atoms with Gasteiger partial charge >= 0.3 is 0 Å². The van der Waals surface area contributed by atoms with Gasteiger partial charge < -0.3 is 10.2 Å². The number of carbonyl (C=O) groups is 2. The van der Waals surface area contributed by atoms with E-state index in [0.29, 0.717) is 18.3 Å². The van der Waals surface area contributed by atoms with Crippen LogP contribution in [0.5, 0.6) is 0 Å². The smallest absolute Gasteiger partial charge is 0.239 e. The van der Waals surface area contributed by atoms with Gasteiger partial charge in [-0.1, -0.05) is 26.7 Å². The Hall–Kier alpha value is -1.10. The first-order valence-electron chi connectivity index (χ1n) is 9.36. The fourth-order valence-electron chi connectivity index (χ4n) is 4.55. The summed E-state index contributed by atoms with van der Waals surface area (Å²) in [5.74, 6) is 1.23. The molecule has 0 spiro atoms. The first-order chi connectivity index (χ1) is 11.0. The van der Waals surface area contributed by atoms with Crippen molar-refractivity contribution in [3.63, 3.8) is 0 Å². The Morgan fingerprint density at radius 1 is 1.22 bits per heavy atom. The molecule has 2 atom stereocenters. The lowest BCUT2D eigenvalue weighted by atomic mass is 9.91. The number of amides is 2. The van der Waals surface area contributed by atoms with Crippen molar-refractivity contribution >= 4 is 11.8 Å². The van der Waals surface area contributed by atoms with Crippen LogP contribution >= 0.6 is 0 Å². The molecule has 0 aromatic heterocycles. The number of rotatable bonds is 5. The van der Waals surface area contributed by atoms with Crippen LogP contribution in [0, 0.1) is 11.8 Å². The van der Waals surface area contributed by atoms with Gasteiger partial charge in [0.1, 0.15) is 0 Å². The standard InChI is InChI=1S/C18H31N3O2/c1-13(2)15-10-21(14-6-3-4-7-14)11-16(15)19-17(22)12-20-9-5-8-18(20)23/h13-16H,3-12H2,1-2H3,(H,19,22)/t15-,16+/m0/s1. The summed E-state index contributed by atoms with van der Waals surface area (Å²) < 4.78 is 0. The molecule has 2 aliphatic heterocycles. The topological polar surface area (TPSA) is 52.7 Å². The summed E-state index contributed by atoms with van der Waals surface area (Å²) in [5, 5.41) is 3.24. The van der Waals surface area contributed by atoms with Gasteiger partial charge in [0.15, 0.2) is 0 Å². The van der Waals surface area contributed by atoms with Crippen molar-refractivity contribution < 1.29 is 9.59 Å². The number of nitrogens with zero attached hydrogens (tertiary/aromatic N) is 2. The van der Waals surface area contributed by atoms with Crippen LogP contribution in [0.4, 0.5) is 0 Å². The maximum atomic E-state index is 12.4. The van der Waals surface area contributed by atoms with Crippen molar-refractivity contribution in [2.45, 2.75) is 64.5 Å². The molecule has 3 aliphatic rings. The molecule has 3 fully saturated rings. The second-order valence-electron chi connectivity index (χ2n) is 7.89. The van der Waals surface area contributed by atoms with E-state index in [1.165, 1.54) is 25.7 Å². The second-order valence-corrected chi connectivity index (χ2v) is 7.89. The van der Waals surface area contributed by atoms with E-state index in [-0.39, 0.29) is 24.4 Å². The fourth-order valence-corrected chi connectivity index (χ4v) is 4.55. The number of carbonyl (C=O) groups excluding carboxylic acids is 2. The minimum atomic E-state index is 0.0178. The third kappa shape index (κ3) is 3.87. The molecule has 130 valence electrons. The molecule has 2 heterocycles. The Morgan fingerprint density at radius 2 is 1.96 bits per heavy atom. The molecule has 3 rings (SSSR count). The lowest BCUT2D eigenvalue weighted by Crippen LogP contribution is -2.46. The summed E-state index contributed by atoms with van der Waals surface area (Å²) in [6.07, 6.45) is 6.81. The van der Waals surface area contributed by atoms with E-state index in [4.69, 9.17) is 0 Å². The lowest BCUT2D eigenvalue weighted by molar-refractivity contribution is -0.133. The van der Waals surface area contributed by atoms with Gasteiger partial charge in [-0.25, -0.2) is 0 Å². The Bertz CT molecular complexity index is 446. The van der Waals surface area contributed by atoms with E-state index in [0.717, 1.165) is 32.1 Å². The number of likely N-dealkylation sites (tertiary alicyclic amines) is 2. The lowest BCUT2D eigenvalue weighted by Gasteiger charge is -2.24. The largest absolute Gasteiger partial charge is 0.350 e. The molecule has 5 heteroatoms. The first-order valence-corrected chi connectivity index (χ1v) is 9.36. The summed E-state index contributed by atoms with van der Waals surface area (Å²) in [5.41, 5.74) is 0. The molecular formula is C18H31N3O2. The molecule has 5 nitrogen and oxygen atoms in total. The SMILES string of the molecule is CC(C)[C@@H]1CN(C2CCCC2)C[C@H]1NC(=O)CN1CCCC1=O. The van der Waals surface area contributed by atoms with E-state index in [1.807, 2.05) is 0 Å². The van der Waals surface area contributed by atoms with Crippen molar-refractivity contribution in [3.05, 3.63) is 0 Å². The van der Waals surface area contributed by atoms with Gasteiger partial charge in [-0.2, -0.15) is 0 Å². The van der Waals surface area contributed by atoms with Crippen LogP contribution in [0.15, 0.2) is 0 Å². The number of nitrogens with one attached hydrogen (secondary N) is 1. The summed E-state index contributed by atoms with van der Waals surface area (Å²) in [7, 11) is 0. The van der Waals surface area contributed by atoms with Crippen molar-refractivity contribution in [3.8, 4) is 0 Å². The average Bonchev–Trinajstić information content (AvgIpc) is 3.20. The molecule has 1 aliphatic carbocycles. The third-order valence-electron chi connectivity index (χ3n) is 5.94. The quantitative estimate of drug-likeness (QED) is 0.837. The molecule has 0 unspecified atom stereocenters. The van der Waals surface area contributed by atoms with Crippen LogP contribution in [0.1, 0.15) is 52.4 Å². The maximum absolute atomic E-state index is 12.4. The highest BCUT2D eigenvalue weighted by Crippen LogP contribution is 2.31. The highest BCUT2D eigenvalue weighted by atomic mass is 16.2. The van der Waals surface area contributed by atoms with Crippen LogP contribution in [0.25, 0.3) is 0 Å². The third-order valence-corrected chi connectivity index (χ3v) is 5.94. The Labute approximate surface area is 139 Å². The predicted octanol–water partition coefficient (Wildman–Crippen LogP) is 1.62. The van der Waals surface area contributed by atoms with Crippen LogP contribution < -0.4 is 5.32 Å². The van der Waals surface area contributed by atoms with E-state index in [1.54, 1.807) is 4.90 Å². The summed E-state index contributed by atoms with van der Waals surface area (Å²) in [6.45, 7) is 7.57. The minimum Gasteiger partial charge on any atom is -0.350 e. The summed E-state index contributed by atoms with van der Waals surface area (Å²) in [4.78, 5) is 28.4. The molecule has 0 aromatic carbocycles. The van der Waals surface area contributed by atoms with Gasteiger partial charge in [-0.05, 0) is 31.1 Å². The molecule has 2 amide bonds. The molecule has 23 heavy (non-hydrogen) atoms. The highest BCUT2D eigenvalue weighted by Gasteiger charge is 2.39. The first kappa shape index (κ1) is 16.7. The van der Waals surface area contributed by atoms with Crippen LogP contribution in [-0.2, 0) is 9.59 Å². The molecular weight excluding hydrogens is 290 g/mol. The molecule has 1 saturated carbocycles. The predicted molar refractivity (Wildman–Crippen MR) is 89.9 cm³/mol. The average molecular weight is 321 g/mol. The van der Waals surface area contributed by atoms with Crippen molar-refractivity contribution in [1.29, 1.82) is 0 Å². The van der Waals surface area contributed by atoms with Gasteiger partial charge in [-0.3, -0.25) is 14.5 Å². The minimum absolute atomic E-state index is 0.0178. The van der Waals surface area contributed by atoms with Crippen molar-refractivity contribution in [2.75, 3.05) is 26.2 Å². The molecule has 0 aromatic rings. The van der Waals surface area contributed by atoms with Crippen molar-refractivity contribution in [1.82, 2.24) is 15.1 Å². The van der Waals surface area contributed by atoms with Gasteiger partial charge in [0, 0.05) is 38.1 Å². The zero-order valence-corrected chi connectivity index (χ0v) is 14.6. The van der Waals surface area contributed by atoms with Gasteiger partial charge in [0.2, 0.25) is 11.8 Å².